The fourth-order valence-corrected chi connectivity index (χ4v) is 0.744. The van der Waals surface area contributed by atoms with Crippen molar-refractivity contribution in [1.82, 2.24) is 4.90 Å². The molecule has 0 spiro atoms. The zero-order chi connectivity index (χ0) is 6.41. The molecule has 0 atom stereocenters. The average Bonchev–Trinajstić information content (AvgIpc) is 2.24. The molecule has 0 saturated carbocycles. The molecule has 1 radical (unpaired) electrons. The number of nitrogens with zero attached hydrogens (tertiary/aromatic N) is 1. The van der Waals surface area contributed by atoms with Crippen LogP contribution in [0.2, 0.25) is 0 Å². The predicted octanol–water partition coefficient (Wildman–Crippen LogP) is 1.71. The molecule has 0 aromatic heterocycles. The van der Waals surface area contributed by atoms with E-state index < -0.39 is 0 Å². The maximum absolute atomic E-state index is 3.25. The molecule has 0 aromatic rings. The van der Waals surface area contributed by atoms with E-state index >= 15 is 0 Å². The molecule has 0 unspecified atom stereocenters. The Kier molecular flexibility index (Phi) is 12.8. The Morgan fingerprint density at radius 2 is 2.00 bits per heavy atom. The van der Waals surface area contributed by atoms with Crippen LogP contribution in [0, 0.1) is 13.5 Å². The summed E-state index contributed by atoms with van der Waals surface area (Å²) in [7, 11) is 2.12. The van der Waals surface area contributed by atoms with Gasteiger partial charge in [-0.2, -0.15) is 13.3 Å². The Balaban J connectivity index is 0. The van der Waals surface area contributed by atoms with Crippen molar-refractivity contribution in [1.29, 1.82) is 0 Å². The monoisotopic (exact) mass is 202 g/mol. The third-order valence-corrected chi connectivity index (χ3v) is 1.16. The summed E-state index contributed by atoms with van der Waals surface area (Å²) in [5, 5.41) is 0. The van der Waals surface area contributed by atoms with Crippen LogP contribution in [0.5, 0.6) is 0 Å². The molecule has 0 bridgehead atoms. The van der Waals surface area contributed by atoms with E-state index in [4.69, 9.17) is 0 Å². The van der Waals surface area contributed by atoms with E-state index in [1.54, 1.807) is 6.92 Å². The van der Waals surface area contributed by atoms with Gasteiger partial charge in [-0.25, -0.2) is 0 Å². The van der Waals surface area contributed by atoms with Gasteiger partial charge in [-0.15, -0.1) is 0 Å². The molecule has 2 heteroatoms. The zero-order valence-corrected chi connectivity index (χ0v) is 9.27. The molecule has 0 aliphatic carbocycles. The maximum atomic E-state index is 3.25. The van der Waals surface area contributed by atoms with E-state index in [9.17, 15) is 0 Å². The molecular weight excluding hydrogens is 187 g/mol. The molecule has 1 aliphatic heterocycles. The molecule has 0 amide bonds. The van der Waals surface area contributed by atoms with Gasteiger partial charge in [0.05, 0.1) is 0 Å². The second-order valence-electron chi connectivity index (χ2n) is 1.81. The van der Waals surface area contributed by atoms with Crippen molar-refractivity contribution in [3.05, 3.63) is 13.5 Å². The molecule has 0 aromatic carbocycles. The first-order valence-electron chi connectivity index (χ1n) is 3.14. The minimum atomic E-state index is 0. The summed E-state index contributed by atoms with van der Waals surface area (Å²) in [5.41, 5.74) is 0. The molecule has 0 N–H and O–H groups in total. The van der Waals surface area contributed by atoms with Gasteiger partial charge in [0.1, 0.15) is 0 Å². The summed E-state index contributed by atoms with van der Waals surface area (Å²) in [6.07, 6.45) is 2.65. The maximum Gasteiger partial charge on any atom is 0 e. The molecule has 1 rings (SSSR count). The van der Waals surface area contributed by atoms with Crippen LogP contribution in [-0.4, -0.2) is 18.5 Å². The van der Waals surface area contributed by atoms with Crippen molar-refractivity contribution in [2.75, 3.05) is 13.6 Å². The summed E-state index contributed by atoms with van der Waals surface area (Å²) < 4.78 is 0. The van der Waals surface area contributed by atoms with Crippen LogP contribution in [-0.2, 0) is 32.7 Å². The van der Waals surface area contributed by atoms with Gasteiger partial charge in [-0.05, 0) is 13.6 Å². The standard InChI is InChI=1S/C5H10N.C2H5.Y/c1-6-4-2-3-5-6;1-2;/h4H,2-3,5H2,1H3;1H2,2H3;/q2*-1;. The summed E-state index contributed by atoms with van der Waals surface area (Å²) in [6.45, 7) is 8.50. The smallest absolute Gasteiger partial charge is 0 e. The number of likely N-dealkylation sites (tertiary alicyclic amines) is 1. The van der Waals surface area contributed by atoms with Crippen LogP contribution < -0.4 is 0 Å². The predicted molar refractivity (Wildman–Crippen MR) is 37.2 cm³/mol. The topological polar surface area (TPSA) is 3.24 Å². The summed E-state index contributed by atoms with van der Waals surface area (Å²) in [4.78, 5) is 2.24. The van der Waals surface area contributed by atoms with Crippen molar-refractivity contribution < 1.29 is 32.7 Å². The molecule has 1 saturated heterocycles. The van der Waals surface area contributed by atoms with Crippen LogP contribution in [0.3, 0.4) is 0 Å². The van der Waals surface area contributed by atoms with Gasteiger partial charge in [0, 0.05) is 32.7 Å². The van der Waals surface area contributed by atoms with Crippen LogP contribution in [0.1, 0.15) is 19.8 Å². The van der Waals surface area contributed by atoms with Gasteiger partial charge >= 0.3 is 0 Å². The first-order valence-corrected chi connectivity index (χ1v) is 3.14. The summed E-state index contributed by atoms with van der Waals surface area (Å²) >= 11 is 0. The number of hydrogen-bond acceptors (Lipinski definition) is 1. The Bertz CT molecular complexity index is 42.2. The van der Waals surface area contributed by atoms with E-state index in [0.717, 1.165) is 0 Å². The van der Waals surface area contributed by atoms with Crippen LogP contribution >= 0.6 is 0 Å². The van der Waals surface area contributed by atoms with Crippen LogP contribution in [0.25, 0.3) is 0 Å². The van der Waals surface area contributed by atoms with Gasteiger partial charge < -0.3 is 11.8 Å². The van der Waals surface area contributed by atoms with Gasteiger partial charge in [0.2, 0.25) is 0 Å². The van der Waals surface area contributed by atoms with E-state index in [1.807, 2.05) is 0 Å². The number of rotatable bonds is 0. The zero-order valence-electron chi connectivity index (χ0n) is 6.43. The van der Waals surface area contributed by atoms with Crippen LogP contribution in [0.15, 0.2) is 0 Å². The largest absolute Gasteiger partial charge is 0.459 e. The molecule has 9 heavy (non-hydrogen) atoms. The van der Waals surface area contributed by atoms with Crippen molar-refractivity contribution in [3.8, 4) is 0 Å². The van der Waals surface area contributed by atoms with Gasteiger partial charge in [0.25, 0.3) is 0 Å². The van der Waals surface area contributed by atoms with E-state index in [1.165, 1.54) is 19.4 Å². The SMILES string of the molecule is CN1[CH-]CCC1.[CH2-]C.[Y]. The van der Waals surface area contributed by atoms with Gasteiger partial charge in [-0.1, -0.05) is 6.42 Å². The normalized spacial score (nSPS) is 17.7. The first kappa shape index (κ1) is 12.7. The third kappa shape index (κ3) is 6.96. The molecular formula is C7H15NY-2. The molecule has 53 valence electrons. The van der Waals surface area contributed by atoms with Crippen molar-refractivity contribution in [2.45, 2.75) is 19.8 Å². The van der Waals surface area contributed by atoms with Gasteiger partial charge in [-0.3, -0.25) is 6.54 Å². The first-order chi connectivity index (χ1) is 3.89. The second-order valence-corrected chi connectivity index (χ2v) is 1.81. The van der Waals surface area contributed by atoms with Crippen molar-refractivity contribution in [2.24, 2.45) is 0 Å². The second kappa shape index (κ2) is 9.06. The average molecular weight is 202 g/mol. The van der Waals surface area contributed by atoms with Crippen LogP contribution in [0.4, 0.5) is 0 Å². The fourth-order valence-electron chi connectivity index (χ4n) is 0.744. The molecule has 1 fully saturated rings. The number of hydrogen-bond donors (Lipinski definition) is 0. The van der Waals surface area contributed by atoms with Gasteiger partial charge in [0.15, 0.2) is 0 Å². The Morgan fingerprint density at radius 1 is 1.44 bits per heavy atom. The van der Waals surface area contributed by atoms with E-state index in [2.05, 4.69) is 25.4 Å². The van der Waals surface area contributed by atoms with Crippen molar-refractivity contribution in [3.63, 3.8) is 0 Å². The minimum Gasteiger partial charge on any atom is -0.459 e. The van der Waals surface area contributed by atoms with Crippen molar-refractivity contribution >= 4 is 0 Å². The third-order valence-electron chi connectivity index (χ3n) is 1.16. The summed E-state index contributed by atoms with van der Waals surface area (Å²) in [6, 6.07) is 0. The minimum absolute atomic E-state index is 0. The summed E-state index contributed by atoms with van der Waals surface area (Å²) in [5.74, 6) is 0. The fraction of sp³-hybridized carbons (Fsp3) is 0.714. The van der Waals surface area contributed by atoms with E-state index in [-0.39, 0.29) is 32.7 Å². The van der Waals surface area contributed by atoms with E-state index in [0.29, 0.717) is 0 Å². The quantitative estimate of drug-likeness (QED) is 0.540. The molecule has 1 aliphatic rings. The Hall–Kier alpha value is 1.06. The molecule has 1 heterocycles. The molecule has 1 nitrogen and oxygen atoms in total. The Labute approximate surface area is 84.1 Å². The Morgan fingerprint density at radius 3 is 2.11 bits per heavy atom.